The predicted molar refractivity (Wildman–Crippen MR) is 76.0 cm³/mol. The zero-order valence-corrected chi connectivity index (χ0v) is 11.7. The van der Waals surface area contributed by atoms with Gasteiger partial charge in [0.1, 0.15) is 9.52 Å². The average Bonchev–Trinajstić information content (AvgIpc) is 2.38. The fourth-order valence-electron chi connectivity index (χ4n) is 1.46. The molecule has 0 aliphatic rings. The van der Waals surface area contributed by atoms with Crippen molar-refractivity contribution in [3.8, 4) is 0 Å². The molecule has 2 heterocycles. The minimum absolute atomic E-state index is 0.902. The van der Waals surface area contributed by atoms with Gasteiger partial charge in [-0.1, -0.05) is 0 Å². The van der Waals surface area contributed by atoms with Crippen molar-refractivity contribution in [1.82, 2.24) is 15.0 Å². The maximum absolute atomic E-state index is 4.33. The van der Waals surface area contributed by atoms with Crippen LogP contribution in [-0.2, 0) is 6.42 Å². The first kappa shape index (κ1) is 12.2. The van der Waals surface area contributed by atoms with Crippen LogP contribution in [0.3, 0.4) is 0 Å². The fraction of sp³-hybridized carbons (Fsp3) is 0.250. The number of aromatic nitrogens is 3. The minimum Gasteiger partial charge on any atom is -0.358 e. The Morgan fingerprint density at radius 1 is 1.18 bits per heavy atom. The maximum atomic E-state index is 4.33. The van der Waals surface area contributed by atoms with Crippen molar-refractivity contribution in [2.24, 2.45) is 0 Å². The van der Waals surface area contributed by atoms with Gasteiger partial charge in [-0.2, -0.15) is 0 Å². The van der Waals surface area contributed by atoms with Crippen LogP contribution in [0.4, 0.5) is 5.82 Å². The molecule has 0 aromatic carbocycles. The van der Waals surface area contributed by atoms with Crippen LogP contribution in [0.2, 0.25) is 0 Å². The van der Waals surface area contributed by atoms with Crippen LogP contribution >= 0.6 is 22.6 Å². The molecular formula is C12H13IN4. The third-order valence-electron chi connectivity index (χ3n) is 2.48. The number of rotatable bonds is 4. The first-order valence-electron chi connectivity index (χ1n) is 5.33. The zero-order valence-electron chi connectivity index (χ0n) is 9.55. The molecule has 0 unspecified atom stereocenters. The Morgan fingerprint density at radius 2 is 1.94 bits per heavy atom. The van der Waals surface area contributed by atoms with E-state index >= 15 is 0 Å². The van der Waals surface area contributed by atoms with Crippen molar-refractivity contribution < 1.29 is 0 Å². The SMILES string of the molecule is CN(CCc1ccncc1)c1cnc(I)cn1. The van der Waals surface area contributed by atoms with E-state index in [2.05, 4.69) is 42.4 Å². The molecule has 0 saturated heterocycles. The Bertz CT molecular complexity index is 458. The van der Waals surface area contributed by atoms with Gasteiger partial charge in [-0.05, 0) is 46.7 Å². The molecule has 0 aliphatic heterocycles. The molecule has 2 rings (SSSR count). The van der Waals surface area contributed by atoms with Gasteiger partial charge < -0.3 is 4.90 Å². The van der Waals surface area contributed by atoms with Crippen LogP contribution in [-0.4, -0.2) is 28.5 Å². The number of hydrogen-bond donors (Lipinski definition) is 0. The lowest BCUT2D eigenvalue weighted by Crippen LogP contribution is -2.21. The van der Waals surface area contributed by atoms with Crippen molar-refractivity contribution in [1.29, 1.82) is 0 Å². The monoisotopic (exact) mass is 340 g/mol. The number of hydrogen-bond acceptors (Lipinski definition) is 4. The van der Waals surface area contributed by atoms with Gasteiger partial charge in [-0.3, -0.25) is 4.98 Å². The maximum Gasteiger partial charge on any atom is 0.146 e. The molecule has 0 bridgehead atoms. The molecule has 0 radical (unpaired) electrons. The molecule has 4 nitrogen and oxygen atoms in total. The average molecular weight is 340 g/mol. The number of anilines is 1. The molecule has 2 aromatic rings. The molecule has 5 heteroatoms. The summed E-state index contributed by atoms with van der Waals surface area (Å²) >= 11 is 2.15. The molecule has 0 amide bonds. The van der Waals surface area contributed by atoms with Crippen molar-refractivity contribution in [2.75, 3.05) is 18.5 Å². The minimum atomic E-state index is 0.902. The highest BCUT2D eigenvalue weighted by molar-refractivity contribution is 14.1. The summed E-state index contributed by atoms with van der Waals surface area (Å²) in [6, 6.07) is 4.07. The summed E-state index contributed by atoms with van der Waals surface area (Å²) in [5.41, 5.74) is 1.28. The third-order valence-corrected chi connectivity index (χ3v) is 3.04. The van der Waals surface area contributed by atoms with E-state index in [-0.39, 0.29) is 0 Å². The largest absolute Gasteiger partial charge is 0.358 e. The smallest absolute Gasteiger partial charge is 0.146 e. The number of nitrogens with zero attached hydrogens (tertiary/aromatic N) is 4. The second kappa shape index (κ2) is 5.90. The molecule has 0 aliphatic carbocycles. The van der Waals surface area contributed by atoms with E-state index in [4.69, 9.17) is 0 Å². The number of likely N-dealkylation sites (N-methyl/N-ethyl adjacent to an activating group) is 1. The van der Waals surface area contributed by atoms with E-state index in [1.807, 2.05) is 31.6 Å². The normalized spacial score (nSPS) is 10.2. The lowest BCUT2D eigenvalue weighted by atomic mass is 10.2. The quantitative estimate of drug-likeness (QED) is 0.800. The summed E-state index contributed by atoms with van der Waals surface area (Å²) in [5.74, 6) is 0.902. The topological polar surface area (TPSA) is 41.9 Å². The second-order valence-electron chi connectivity index (χ2n) is 3.72. The van der Waals surface area contributed by atoms with Gasteiger partial charge in [0, 0.05) is 26.0 Å². The predicted octanol–water partition coefficient (Wildman–Crippen LogP) is 2.16. The van der Waals surface area contributed by atoms with Crippen LogP contribution in [0.1, 0.15) is 5.56 Å². The number of halogens is 1. The van der Waals surface area contributed by atoms with Crippen molar-refractivity contribution in [3.05, 3.63) is 46.2 Å². The lowest BCUT2D eigenvalue weighted by Gasteiger charge is -2.17. The molecule has 0 atom stereocenters. The highest BCUT2D eigenvalue weighted by Crippen LogP contribution is 2.09. The Labute approximate surface area is 114 Å². The summed E-state index contributed by atoms with van der Waals surface area (Å²) in [4.78, 5) is 14.7. The van der Waals surface area contributed by atoms with Crippen LogP contribution < -0.4 is 4.90 Å². The molecule has 2 aromatic heterocycles. The Kier molecular flexibility index (Phi) is 4.24. The lowest BCUT2D eigenvalue weighted by molar-refractivity contribution is 0.852. The van der Waals surface area contributed by atoms with E-state index < -0.39 is 0 Å². The third kappa shape index (κ3) is 3.62. The molecule has 17 heavy (non-hydrogen) atoms. The molecular weight excluding hydrogens is 327 g/mol. The number of pyridine rings is 1. The van der Waals surface area contributed by atoms with Crippen molar-refractivity contribution >= 4 is 28.4 Å². The zero-order chi connectivity index (χ0) is 12.1. The summed E-state index contributed by atoms with van der Waals surface area (Å²) in [6.07, 6.45) is 8.19. The van der Waals surface area contributed by atoms with Crippen molar-refractivity contribution in [2.45, 2.75) is 6.42 Å². The van der Waals surface area contributed by atoms with E-state index in [0.717, 1.165) is 22.5 Å². The molecule has 0 spiro atoms. The molecule has 88 valence electrons. The molecule has 0 fully saturated rings. The van der Waals surface area contributed by atoms with Gasteiger partial charge in [0.2, 0.25) is 0 Å². The van der Waals surface area contributed by atoms with Gasteiger partial charge in [0.15, 0.2) is 0 Å². The van der Waals surface area contributed by atoms with Crippen LogP contribution in [0.15, 0.2) is 36.9 Å². The second-order valence-corrected chi connectivity index (χ2v) is 4.83. The first-order valence-corrected chi connectivity index (χ1v) is 6.41. The van der Waals surface area contributed by atoms with E-state index in [1.54, 1.807) is 12.4 Å². The Morgan fingerprint density at radius 3 is 2.59 bits per heavy atom. The summed E-state index contributed by atoms with van der Waals surface area (Å²) in [5, 5.41) is 0. The van der Waals surface area contributed by atoms with Crippen LogP contribution in [0, 0.1) is 3.70 Å². The van der Waals surface area contributed by atoms with Gasteiger partial charge in [-0.25, -0.2) is 9.97 Å². The van der Waals surface area contributed by atoms with Crippen LogP contribution in [0.5, 0.6) is 0 Å². The first-order chi connectivity index (χ1) is 8.25. The Balaban J connectivity index is 1.93. The molecule has 0 saturated carbocycles. The highest BCUT2D eigenvalue weighted by Gasteiger charge is 2.03. The van der Waals surface area contributed by atoms with E-state index in [9.17, 15) is 0 Å². The van der Waals surface area contributed by atoms with Crippen LogP contribution in [0.25, 0.3) is 0 Å². The fourth-order valence-corrected chi connectivity index (χ4v) is 1.74. The Hall–Kier alpha value is -1.24. The summed E-state index contributed by atoms with van der Waals surface area (Å²) in [6.45, 7) is 0.916. The van der Waals surface area contributed by atoms with E-state index in [0.29, 0.717) is 0 Å². The standard InChI is InChI=1S/C12H13IN4/c1-17(12-9-15-11(13)8-16-12)7-4-10-2-5-14-6-3-10/h2-3,5-6,8-9H,4,7H2,1H3. The molecule has 0 N–H and O–H groups in total. The van der Waals surface area contributed by atoms with Crippen molar-refractivity contribution in [3.63, 3.8) is 0 Å². The van der Waals surface area contributed by atoms with Gasteiger partial charge >= 0.3 is 0 Å². The van der Waals surface area contributed by atoms with Gasteiger partial charge in [-0.15, -0.1) is 0 Å². The summed E-state index contributed by atoms with van der Waals surface area (Å²) < 4.78 is 0.911. The van der Waals surface area contributed by atoms with E-state index in [1.165, 1.54) is 5.56 Å². The highest BCUT2D eigenvalue weighted by atomic mass is 127. The summed E-state index contributed by atoms with van der Waals surface area (Å²) in [7, 11) is 2.03. The van der Waals surface area contributed by atoms with Gasteiger partial charge in [0.25, 0.3) is 0 Å². The van der Waals surface area contributed by atoms with Gasteiger partial charge in [0.05, 0.1) is 12.4 Å².